The Balaban J connectivity index is 2.40. The molecule has 1 heterocycles. The van der Waals surface area contributed by atoms with Crippen molar-refractivity contribution in [1.82, 2.24) is 15.5 Å². The number of H-pyrrole nitrogens is 1. The van der Waals surface area contributed by atoms with Gasteiger partial charge in [0.05, 0.1) is 0 Å². The summed E-state index contributed by atoms with van der Waals surface area (Å²) in [6.45, 7) is 5.78. The molecule has 0 aliphatic carbocycles. The monoisotopic (exact) mass is 180 g/mol. The normalized spacial score (nSPS) is 9.31. The van der Waals surface area contributed by atoms with Crippen LogP contribution in [0.15, 0.2) is 18.7 Å². The van der Waals surface area contributed by atoms with Crippen LogP contribution in [0.4, 0.5) is 10.6 Å². The minimum Gasteiger partial charge on any atom is -0.334 e. The third-order valence-corrected chi connectivity index (χ3v) is 1.35. The van der Waals surface area contributed by atoms with Gasteiger partial charge in [0, 0.05) is 18.3 Å². The van der Waals surface area contributed by atoms with Crippen molar-refractivity contribution in [3.8, 4) is 0 Å². The second-order valence-corrected chi connectivity index (χ2v) is 2.56. The van der Waals surface area contributed by atoms with Gasteiger partial charge in [0.1, 0.15) is 0 Å². The van der Waals surface area contributed by atoms with Crippen molar-refractivity contribution in [1.29, 1.82) is 0 Å². The Kier molecular flexibility index (Phi) is 3.08. The van der Waals surface area contributed by atoms with Gasteiger partial charge in [0.2, 0.25) is 0 Å². The molecule has 1 aromatic rings. The Labute approximate surface area is 76.2 Å². The second kappa shape index (κ2) is 4.30. The van der Waals surface area contributed by atoms with Crippen molar-refractivity contribution >= 4 is 11.8 Å². The summed E-state index contributed by atoms with van der Waals surface area (Å²) < 4.78 is 0. The van der Waals surface area contributed by atoms with E-state index < -0.39 is 0 Å². The first-order valence-electron chi connectivity index (χ1n) is 3.90. The van der Waals surface area contributed by atoms with E-state index in [0.29, 0.717) is 12.4 Å². The molecule has 5 nitrogen and oxygen atoms in total. The van der Waals surface area contributed by atoms with Crippen molar-refractivity contribution in [2.45, 2.75) is 6.92 Å². The highest BCUT2D eigenvalue weighted by molar-refractivity contribution is 5.88. The number of rotatable bonds is 3. The third kappa shape index (κ3) is 2.98. The molecule has 0 saturated heterocycles. The summed E-state index contributed by atoms with van der Waals surface area (Å²) in [6, 6.07) is 1.46. The van der Waals surface area contributed by atoms with Gasteiger partial charge >= 0.3 is 6.03 Å². The van der Waals surface area contributed by atoms with Gasteiger partial charge in [0.15, 0.2) is 5.82 Å². The molecular formula is C8H12N4O. The SMILES string of the molecule is C=CCNC(=O)Nc1cc(C)[nH]n1. The van der Waals surface area contributed by atoms with Crippen LogP contribution in [0, 0.1) is 6.92 Å². The average molecular weight is 180 g/mol. The van der Waals surface area contributed by atoms with Gasteiger partial charge in [0.25, 0.3) is 0 Å². The summed E-state index contributed by atoms with van der Waals surface area (Å²) in [5.74, 6) is 0.513. The summed E-state index contributed by atoms with van der Waals surface area (Å²) in [6.07, 6.45) is 1.61. The van der Waals surface area contributed by atoms with Gasteiger partial charge in [-0.25, -0.2) is 4.79 Å². The van der Waals surface area contributed by atoms with Crippen LogP contribution in [0.1, 0.15) is 5.69 Å². The number of hydrogen-bond donors (Lipinski definition) is 3. The van der Waals surface area contributed by atoms with Crippen molar-refractivity contribution in [3.05, 3.63) is 24.4 Å². The Bertz CT molecular complexity index is 305. The molecule has 2 amide bonds. The highest BCUT2D eigenvalue weighted by atomic mass is 16.2. The van der Waals surface area contributed by atoms with E-state index in [1.165, 1.54) is 0 Å². The molecule has 0 aliphatic rings. The smallest absolute Gasteiger partial charge is 0.320 e. The van der Waals surface area contributed by atoms with E-state index in [1.807, 2.05) is 6.92 Å². The van der Waals surface area contributed by atoms with Gasteiger partial charge in [-0.1, -0.05) is 6.08 Å². The first-order valence-corrected chi connectivity index (χ1v) is 3.90. The molecule has 0 aromatic carbocycles. The maximum Gasteiger partial charge on any atom is 0.320 e. The Hall–Kier alpha value is -1.78. The molecule has 0 radical (unpaired) electrons. The third-order valence-electron chi connectivity index (χ3n) is 1.35. The number of hydrogen-bond acceptors (Lipinski definition) is 2. The molecular weight excluding hydrogens is 168 g/mol. The fourth-order valence-electron chi connectivity index (χ4n) is 0.807. The zero-order valence-corrected chi connectivity index (χ0v) is 7.42. The molecule has 0 atom stereocenters. The van der Waals surface area contributed by atoms with Crippen molar-refractivity contribution in [2.24, 2.45) is 0 Å². The summed E-state index contributed by atoms with van der Waals surface area (Å²) in [5, 5.41) is 11.7. The van der Waals surface area contributed by atoms with E-state index >= 15 is 0 Å². The van der Waals surface area contributed by atoms with Gasteiger partial charge < -0.3 is 5.32 Å². The van der Waals surface area contributed by atoms with Crippen LogP contribution in [0.25, 0.3) is 0 Å². The van der Waals surface area contributed by atoms with Crippen LogP contribution in [0.2, 0.25) is 0 Å². The lowest BCUT2D eigenvalue weighted by Gasteiger charge is -2.01. The molecule has 0 spiro atoms. The first kappa shape index (κ1) is 9.31. The first-order chi connectivity index (χ1) is 6.22. The number of nitrogens with zero attached hydrogens (tertiary/aromatic N) is 1. The van der Waals surface area contributed by atoms with Crippen LogP contribution in [-0.4, -0.2) is 22.8 Å². The molecule has 5 heteroatoms. The lowest BCUT2D eigenvalue weighted by molar-refractivity contribution is 0.253. The predicted molar refractivity (Wildman–Crippen MR) is 50.5 cm³/mol. The number of aryl methyl sites for hydroxylation is 1. The highest BCUT2D eigenvalue weighted by Gasteiger charge is 2.01. The summed E-state index contributed by atoms with van der Waals surface area (Å²) in [5.41, 5.74) is 0.902. The molecule has 70 valence electrons. The lowest BCUT2D eigenvalue weighted by atomic mass is 10.5. The van der Waals surface area contributed by atoms with E-state index in [2.05, 4.69) is 27.4 Å². The summed E-state index contributed by atoms with van der Waals surface area (Å²) in [4.78, 5) is 11.1. The maximum atomic E-state index is 11.1. The van der Waals surface area contributed by atoms with Gasteiger partial charge in [-0.3, -0.25) is 10.4 Å². The molecule has 3 N–H and O–H groups in total. The largest absolute Gasteiger partial charge is 0.334 e. The summed E-state index contributed by atoms with van der Waals surface area (Å²) >= 11 is 0. The fraction of sp³-hybridized carbons (Fsp3) is 0.250. The van der Waals surface area contributed by atoms with Crippen LogP contribution < -0.4 is 10.6 Å². The van der Waals surface area contributed by atoms with Gasteiger partial charge in [-0.2, -0.15) is 5.10 Å². The number of urea groups is 1. The zero-order chi connectivity index (χ0) is 9.68. The molecule has 0 unspecified atom stereocenters. The molecule has 1 rings (SSSR count). The predicted octanol–water partition coefficient (Wildman–Crippen LogP) is 1.03. The van der Waals surface area contributed by atoms with E-state index in [-0.39, 0.29) is 6.03 Å². The minimum absolute atomic E-state index is 0.286. The molecule has 0 bridgehead atoms. The standard InChI is InChI=1S/C8H12N4O/c1-3-4-9-8(13)10-7-5-6(2)11-12-7/h3,5H,1,4H2,2H3,(H3,9,10,11,12,13). The number of carbonyl (C=O) groups is 1. The number of amides is 2. The average Bonchev–Trinajstić information content (AvgIpc) is 2.48. The zero-order valence-electron chi connectivity index (χ0n) is 7.42. The fourth-order valence-corrected chi connectivity index (χ4v) is 0.807. The van der Waals surface area contributed by atoms with Gasteiger partial charge in [-0.15, -0.1) is 6.58 Å². The van der Waals surface area contributed by atoms with E-state index in [0.717, 1.165) is 5.69 Å². The molecule has 13 heavy (non-hydrogen) atoms. The van der Waals surface area contributed by atoms with Gasteiger partial charge in [-0.05, 0) is 6.92 Å². The minimum atomic E-state index is -0.286. The topological polar surface area (TPSA) is 69.8 Å². The van der Waals surface area contributed by atoms with Crippen molar-refractivity contribution in [3.63, 3.8) is 0 Å². The molecule has 0 saturated carbocycles. The van der Waals surface area contributed by atoms with Crippen LogP contribution >= 0.6 is 0 Å². The molecule has 0 fully saturated rings. The Morgan fingerprint density at radius 2 is 2.62 bits per heavy atom. The van der Waals surface area contributed by atoms with E-state index in [1.54, 1.807) is 12.1 Å². The Morgan fingerprint density at radius 3 is 3.15 bits per heavy atom. The van der Waals surface area contributed by atoms with Crippen LogP contribution in [0.3, 0.4) is 0 Å². The van der Waals surface area contributed by atoms with E-state index in [9.17, 15) is 4.79 Å². The molecule has 0 aliphatic heterocycles. The lowest BCUT2D eigenvalue weighted by Crippen LogP contribution is -2.28. The van der Waals surface area contributed by atoms with Crippen molar-refractivity contribution < 1.29 is 4.79 Å². The number of anilines is 1. The summed E-state index contributed by atoms with van der Waals surface area (Å²) in [7, 11) is 0. The van der Waals surface area contributed by atoms with E-state index in [4.69, 9.17) is 0 Å². The number of nitrogens with one attached hydrogen (secondary N) is 3. The molecule has 1 aromatic heterocycles. The van der Waals surface area contributed by atoms with Crippen LogP contribution in [0.5, 0.6) is 0 Å². The van der Waals surface area contributed by atoms with Crippen LogP contribution in [-0.2, 0) is 0 Å². The Morgan fingerprint density at radius 1 is 1.85 bits per heavy atom. The maximum absolute atomic E-state index is 11.1. The highest BCUT2D eigenvalue weighted by Crippen LogP contribution is 2.02. The van der Waals surface area contributed by atoms with Crippen molar-refractivity contribution in [2.75, 3.05) is 11.9 Å². The second-order valence-electron chi connectivity index (χ2n) is 2.56. The number of aromatic amines is 1. The quantitative estimate of drug-likeness (QED) is 0.608. The number of aromatic nitrogens is 2. The number of carbonyl (C=O) groups excluding carboxylic acids is 1.